The molecular weight excluding hydrogens is 350 g/mol. The number of carbonyl (C=O) groups is 1. The summed E-state index contributed by atoms with van der Waals surface area (Å²) in [5.74, 6) is 0.144. The fraction of sp³-hybridized carbons (Fsp3) is 0.0769. The molecule has 2 aromatic rings. The van der Waals surface area contributed by atoms with E-state index in [0.717, 1.165) is 0 Å². The predicted octanol–water partition coefficient (Wildman–Crippen LogP) is 4.00. The largest absolute Gasteiger partial charge is 0.497 e. The molecule has 0 bridgehead atoms. The minimum absolute atomic E-state index is 0.0543. The minimum Gasteiger partial charge on any atom is -0.497 e. The number of pyridine rings is 1. The van der Waals surface area contributed by atoms with Crippen molar-refractivity contribution in [1.82, 2.24) is 4.98 Å². The van der Waals surface area contributed by atoms with Crippen LogP contribution in [0.2, 0.25) is 5.02 Å². The van der Waals surface area contributed by atoms with E-state index in [2.05, 4.69) is 20.9 Å². The van der Waals surface area contributed by atoms with Gasteiger partial charge in [0.2, 0.25) is 5.88 Å². The van der Waals surface area contributed by atoms with E-state index in [0.29, 0.717) is 16.0 Å². The van der Waals surface area contributed by atoms with Gasteiger partial charge in [0.05, 0.1) is 28.4 Å². The summed E-state index contributed by atoms with van der Waals surface area (Å²) < 4.78 is 11.2. The van der Waals surface area contributed by atoms with Crippen molar-refractivity contribution >= 4 is 33.5 Å². The standard InChI is InChI=1S/C13H9BrClNO4/c1-19-7-2-3-11(9(14)4-7)20-12-5-8(13(17)18)10(15)6-16-12/h2-6H,1H3,(H,17,18). The maximum Gasteiger partial charge on any atom is 0.337 e. The van der Waals surface area contributed by atoms with Gasteiger partial charge in [0, 0.05) is 6.07 Å². The van der Waals surface area contributed by atoms with Crippen LogP contribution in [0.4, 0.5) is 0 Å². The molecule has 0 radical (unpaired) electrons. The van der Waals surface area contributed by atoms with E-state index in [1.54, 1.807) is 25.3 Å². The van der Waals surface area contributed by atoms with Crippen molar-refractivity contribution in [3.05, 3.63) is 45.5 Å². The lowest BCUT2D eigenvalue weighted by Crippen LogP contribution is -1.99. The van der Waals surface area contributed by atoms with Crippen molar-refractivity contribution in [2.75, 3.05) is 7.11 Å². The highest BCUT2D eigenvalue weighted by Gasteiger charge is 2.12. The molecule has 7 heteroatoms. The van der Waals surface area contributed by atoms with Gasteiger partial charge in [0.1, 0.15) is 11.5 Å². The molecule has 1 heterocycles. The van der Waals surface area contributed by atoms with Gasteiger partial charge in [-0.1, -0.05) is 11.6 Å². The van der Waals surface area contributed by atoms with E-state index < -0.39 is 5.97 Å². The molecule has 104 valence electrons. The van der Waals surface area contributed by atoms with Crippen LogP contribution in [0.15, 0.2) is 34.9 Å². The van der Waals surface area contributed by atoms with Crippen LogP contribution in [0.25, 0.3) is 0 Å². The van der Waals surface area contributed by atoms with Crippen LogP contribution in [0.1, 0.15) is 10.4 Å². The van der Waals surface area contributed by atoms with E-state index in [9.17, 15) is 4.79 Å². The summed E-state index contributed by atoms with van der Waals surface area (Å²) >= 11 is 9.07. The van der Waals surface area contributed by atoms with Gasteiger partial charge in [0.15, 0.2) is 0 Å². The number of halogens is 2. The fourth-order valence-electron chi connectivity index (χ4n) is 1.44. The number of nitrogens with zero attached hydrogens (tertiary/aromatic N) is 1. The molecule has 0 spiro atoms. The van der Waals surface area contributed by atoms with Gasteiger partial charge < -0.3 is 14.6 Å². The molecule has 0 atom stereocenters. The van der Waals surface area contributed by atoms with Gasteiger partial charge in [-0.15, -0.1) is 0 Å². The molecule has 0 saturated carbocycles. The first-order valence-electron chi connectivity index (χ1n) is 5.41. The Hall–Kier alpha value is -1.79. The number of benzene rings is 1. The first kappa shape index (κ1) is 14.6. The molecule has 0 amide bonds. The highest BCUT2D eigenvalue weighted by atomic mass is 79.9. The van der Waals surface area contributed by atoms with Crippen LogP contribution in [-0.4, -0.2) is 23.2 Å². The zero-order valence-electron chi connectivity index (χ0n) is 10.3. The van der Waals surface area contributed by atoms with E-state index in [1.807, 2.05) is 0 Å². The average Bonchev–Trinajstić information content (AvgIpc) is 2.42. The molecule has 1 N–H and O–H groups in total. The summed E-state index contributed by atoms with van der Waals surface area (Å²) in [5.41, 5.74) is -0.0682. The number of ether oxygens (including phenoxy) is 2. The Kier molecular flexibility index (Phi) is 4.46. The number of aromatic carboxylic acids is 1. The van der Waals surface area contributed by atoms with Crippen LogP contribution in [0.3, 0.4) is 0 Å². The van der Waals surface area contributed by atoms with E-state index in [1.165, 1.54) is 12.3 Å². The SMILES string of the molecule is COc1ccc(Oc2cc(C(=O)O)c(Cl)cn2)c(Br)c1. The van der Waals surface area contributed by atoms with Crippen LogP contribution in [0, 0.1) is 0 Å². The van der Waals surface area contributed by atoms with Crippen molar-refractivity contribution in [1.29, 1.82) is 0 Å². The summed E-state index contributed by atoms with van der Waals surface area (Å²) in [6, 6.07) is 6.39. The van der Waals surface area contributed by atoms with Crippen molar-refractivity contribution in [2.24, 2.45) is 0 Å². The Bertz CT molecular complexity index is 663. The molecule has 5 nitrogen and oxygen atoms in total. The predicted molar refractivity (Wildman–Crippen MR) is 77.0 cm³/mol. The number of carboxylic acid groups (broad SMARTS) is 1. The second-order valence-corrected chi connectivity index (χ2v) is 4.97. The quantitative estimate of drug-likeness (QED) is 0.895. The monoisotopic (exact) mass is 357 g/mol. The van der Waals surface area contributed by atoms with Crippen LogP contribution < -0.4 is 9.47 Å². The molecule has 1 aromatic heterocycles. The summed E-state index contributed by atoms with van der Waals surface area (Å²) in [6.45, 7) is 0. The molecule has 0 fully saturated rings. The number of aromatic nitrogens is 1. The molecule has 0 aliphatic carbocycles. The molecule has 0 aliphatic heterocycles. The molecule has 2 rings (SSSR count). The number of hydrogen-bond donors (Lipinski definition) is 1. The van der Waals surface area contributed by atoms with E-state index in [4.69, 9.17) is 26.2 Å². The third kappa shape index (κ3) is 3.20. The zero-order chi connectivity index (χ0) is 14.7. The molecule has 1 aromatic carbocycles. The van der Waals surface area contributed by atoms with Gasteiger partial charge in [-0.05, 0) is 34.1 Å². The lowest BCUT2D eigenvalue weighted by atomic mass is 10.2. The van der Waals surface area contributed by atoms with Crippen molar-refractivity contribution in [3.63, 3.8) is 0 Å². The lowest BCUT2D eigenvalue weighted by Gasteiger charge is -2.09. The molecular formula is C13H9BrClNO4. The van der Waals surface area contributed by atoms with Crippen molar-refractivity contribution in [3.8, 4) is 17.4 Å². The first-order chi connectivity index (χ1) is 9.51. The molecule has 0 unspecified atom stereocenters. The highest BCUT2D eigenvalue weighted by Crippen LogP contribution is 2.32. The van der Waals surface area contributed by atoms with Gasteiger partial charge >= 0.3 is 5.97 Å². The molecule has 0 aliphatic rings. The van der Waals surface area contributed by atoms with Gasteiger partial charge in [-0.3, -0.25) is 0 Å². The van der Waals surface area contributed by atoms with Crippen LogP contribution in [0.5, 0.6) is 17.4 Å². The lowest BCUT2D eigenvalue weighted by molar-refractivity contribution is 0.0696. The smallest absolute Gasteiger partial charge is 0.337 e. The summed E-state index contributed by atoms with van der Waals surface area (Å²) in [4.78, 5) is 14.9. The summed E-state index contributed by atoms with van der Waals surface area (Å²) in [7, 11) is 1.56. The Morgan fingerprint density at radius 1 is 1.40 bits per heavy atom. The second kappa shape index (κ2) is 6.11. The first-order valence-corrected chi connectivity index (χ1v) is 6.58. The van der Waals surface area contributed by atoms with Gasteiger partial charge in [-0.25, -0.2) is 9.78 Å². The summed E-state index contributed by atoms with van der Waals surface area (Å²) in [6.07, 6.45) is 1.23. The second-order valence-electron chi connectivity index (χ2n) is 3.71. The Labute approximate surface area is 128 Å². The normalized spacial score (nSPS) is 10.2. The Morgan fingerprint density at radius 3 is 2.75 bits per heavy atom. The number of methoxy groups -OCH3 is 1. The zero-order valence-corrected chi connectivity index (χ0v) is 12.6. The third-order valence-electron chi connectivity index (χ3n) is 2.41. The number of carboxylic acids is 1. The van der Waals surface area contributed by atoms with Crippen molar-refractivity contribution < 1.29 is 19.4 Å². The highest BCUT2D eigenvalue weighted by molar-refractivity contribution is 9.10. The van der Waals surface area contributed by atoms with Crippen LogP contribution >= 0.6 is 27.5 Å². The Balaban J connectivity index is 2.30. The maximum absolute atomic E-state index is 11.0. The fourth-order valence-corrected chi connectivity index (χ4v) is 2.07. The van der Waals surface area contributed by atoms with E-state index in [-0.39, 0.29) is 16.5 Å². The van der Waals surface area contributed by atoms with Gasteiger partial charge in [0.25, 0.3) is 0 Å². The van der Waals surface area contributed by atoms with Crippen LogP contribution in [-0.2, 0) is 0 Å². The van der Waals surface area contributed by atoms with Crippen molar-refractivity contribution in [2.45, 2.75) is 0 Å². The molecule has 20 heavy (non-hydrogen) atoms. The van der Waals surface area contributed by atoms with E-state index >= 15 is 0 Å². The summed E-state index contributed by atoms with van der Waals surface area (Å²) in [5, 5.41) is 9.04. The third-order valence-corrected chi connectivity index (χ3v) is 3.34. The molecule has 0 saturated heterocycles. The average molecular weight is 359 g/mol. The number of rotatable bonds is 4. The topological polar surface area (TPSA) is 68.7 Å². The number of hydrogen-bond acceptors (Lipinski definition) is 4. The van der Waals surface area contributed by atoms with Gasteiger partial charge in [-0.2, -0.15) is 0 Å². The maximum atomic E-state index is 11.0. The Morgan fingerprint density at radius 2 is 2.15 bits per heavy atom. The minimum atomic E-state index is -1.14.